The first-order valence-electron chi connectivity index (χ1n) is 8.82. The number of hydrogen-bond donors (Lipinski definition) is 1. The van der Waals surface area contributed by atoms with Gasteiger partial charge in [-0.2, -0.15) is 4.68 Å². The van der Waals surface area contributed by atoms with Gasteiger partial charge in [0.25, 0.3) is 5.69 Å². The first kappa shape index (κ1) is 20.3. The highest BCUT2D eigenvalue weighted by Crippen LogP contribution is 2.37. The SMILES string of the molecule is COC(=O)C1=C(C(=O)c2ccc([N+](=O)[O-])cc2)[C@H](c2ccc(Br)cc2)n2nnnc2N1. The summed E-state index contributed by atoms with van der Waals surface area (Å²) in [6, 6.07) is 11.4. The number of tetrazole rings is 1. The fourth-order valence-electron chi connectivity index (χ4n) is 3.23. The maximum atomic E-state index is 13.5. The maximum absolute atomic E-state index is 13.5. The Labute approximate surface area is 183 Å². The van der Waals surface area contributed by atoms with Crippen LogP contribution in [0.25, 0.3) is 0 Å². The van der Waals surface area contributed by atoms with Crippen molar-refractivity contribution < 1.29 is 19.2 Å². The Morgan fingerprint density at radius 2 is 1.84 bits per heavy atom. The number of nitrogens with one attached hydrogen (secondary N) is 1. The molecule has 156 valence electrons. The van der Waals surface area contributed by atoms with Crippen LogP contribution in [0.2, 0.25) is 0 Å². The van der Waals surface area contributed by atoms with E-state index in [9.17, 15) is 19.7 Å². The Morgan fingerprint density at radius 1 is 1.16 bits per heavy atom. The lowest BCUT2D eigenvalue weighted by molar-refractivity contribution is -0.384. The van der Waals surface area contributed by atoms with Crippen molar-refractivity contribution in [1.82, 2.24) is 20.2 Å². The molecule has 0 spiro atoms. The summed E-state index contributed by atoms with van der Waals surface area (Å²) < 4.78 is 7.07. The Hall–Kier alpha value is -3.93. The number of anilines is 1. The lowest BCUT2D eigenvalue weighted by atomic mass is 9.89. The zero-order valence-corrected chi connectivity index (χ0v) is 17.4. The Morgan fingerprint density at radius 3 is 2.45 bits per heavy atom. The third-order valence-corrected chi connectivity index (χ3v) is 5.21. The van der Waals surface area contributed by atoms with E-state index in [2.05, 4.69) is 36.8 Å². The van der Waals surface area contributed by atoms with E-state index < -0.39 is 22.7 Å². The summed E-state index contributed by atoms with van der Waals surface area (Å²) in [5, 5.41) is 25.2. The van der Waals surface area contributed by atoms with E-state index in [1.54, 1.807) is 24.3 Å². The molecule has 1 N–H and O–H groups in total. The van der Waals surface area contributed by atoms with E-state index in [1.807, 2.05) is 0 Å². The number of aromatic nitrogens is 4. The quantitative estimate of drug-likeness (QED) is 0.250. The first-order valence-corrected chi connectivity index (χ1v) is 9.62. The molecule has 11 nitrogen and oxygen atoms in total. The number of hydrogen-bond acceptors (Lipinski definition) is 9. The molecular weight excluding hydrogens is 472 g/mol. The lowest BCUT2D eigenvalue weighted by Crippen LogP contribution is -2.32. The second-order valence-corrected chi connectivity index (χ2v) is 7.36. The number of nitro benzene ring substituents is 1. The molecule has 0 amide bonds. The average Bonchev–Trinajstić information content (AvgIpc) is 3.26. The monoisotopic (exact) mass is 484 g/mol. The molecular formula is C19H13BrN6O5. The van der Waals surface area contributed by atoms with E-state index in [-0.39, 0.29) is 28.5 Å². The van der Waals surface area contributed by atoms with Crippen LogP contribution in [-0.2, 0) is 9.53 Å². The summed E-state index contributed by atoms with van der Waals surface area (Å²) >= 11 is 3.37. The summed E-state index contributed by atoms with van der Waals surface area (Å²) in [6.45, 7) is 0. The molecule has 0 aliphatic carbocycles. The topological polar surface area (TPSA) is 142 Å². The van der Waals surface area contributed by atoms with Gasteiger partial charge in [0, 0.05) is 22.2 Å². The Kier molecular flexibility index (Phi) is 5.29. The molecule has 0 radical (unpaired) electrons. The molecule has 0 saturated carbocycles. The molecule has 0 saturated heterocycles. The Bertz CT molecular complexity index is 1220. The number of benzene rings is 2. The van der Waals surface area contributed by atoms with Crippen molar-refractivity contribution in [3.05, 3.63) is 85.5 Å². The highest BCUT2D eigenvalue weighted by Gasteiger charge is 2.38. The van der Waals surface area contributed by atoms with E-state index in [0.29, 0.717) is 5.56 Å². The lowest BCUT2D eigenvalue weighted by Gasteiger charge is -2.28. The predicted molar refractivity (Wildman–Crippen MR) is 110 cm³/mol. The molecule has 1 atom stereocenters. The standard InChI is InChI=1S/C19H13BrN6O5/c1-31-18(28)15-14(17(27)11-4-8-13(9-5-11)26(29)30)16(10-2-6-12(20)7-3-10)25-19(21-15)22-23-24-25/h2-9,16H,1H3,(H,21,22,24)/t16-/m0/s1. The van der Waals surface area contributed by atoms with Crippen LogP contribution in [0.3, 0.4) is 0 Å². The number of carbonyl (C=O) groups is 2. The largest absolute Gasteiger partial charge is 0.464 e. The van der Waals surface area contributed by atoms with Crippen LogP contribution in [0.15, 0.2) is 64.3 Å². The molecule has 3 aromatic rings. The van der Waals surface area contributed by atoms with Crippen molar-refractivity contribution in [2.75, 3.05) is 12.4 Å². The molecule has 0 bridgehead atoms. The van der Waals surface area contributed by atoms with E-state index in [4.69, 9.17) is 4.74 Å². The van der Waals surface area contributed by atoms with Crippen LogP contribution in [0.4, 0.5) is 11.6 Å². The number of nitro groups is 1. The molecule has 1 aliphatic rings. The molecule has 0 fully saturated rings. The summed E-state index contributed by atoms with van der Waals surface area (Å²) in [4.78, 5) is 36.5. The van der Waals surface area contributed by atoms with Crippen molar-refractivity contribution in [3.63, 3.8) is 0 Å². The molecule has 2 heterocycles. The fraction of sp³-hybridized carbons (Fsp3) is 0.105. The van der Waals surface area contributed by atoms with Crippen LogP contribution in [0, 0.1) is 10.1 Å². The van der Waals surface area contributed by atoms with Gasteiger partial charge < -0.3 is 10.1 Å². The van der Waals surface area contributed by atoms with Gasteiger partial charge in [-0.15, -0.1) is 0 Å². The number of esters is 1. The van der Waals surface area contributed by atoms with Gasteiger partial charge in [0.15, 0.2) is 5.78 Å². The van der Waals surface area contributed by atoms with Gasteiger partial charge in [-0.25, -0.2) is 4.79 Å². The van der Waals surface area contributed by atoms with Crippen LogP contribution < -0.4 is 5.32 Å². The van der Waals surface area contributed by atoms with Gasteiger partial charge in [-0.1, -0.05) is 33.2 Å². The zero-order chi connectivity index (χ0) is 22.1. The first-order chi connectivity index (χ1) is 14.9. The smallest absolute Gasteiger partial charge is 0.355 e. The van der Waals surface area contributed by atoms with Gasteiger partial charge in [0.2, 0.25) is 5.95 Å². The minimum atomic E-state index is -0.837. The molecule has 12 heteroatoms. The molecule has 31 heavy (non-hydrogen) atoms. The second-order valence-electron chi connectivity index (χ2n) is 6.44. The number of methoxy groups -OCH3 is 1. The van der Waals surface area contributed by atoms with Crippen LogP contribution >= 0.6 is 15.9 Å². The highest BCUT2D eigenvalue weighted by atomic mass is 79.9. The number of non-ortho nitro benzene ring substituents is 1. The number of rotatable bonds is 5. The molecule has 1 aliphatic heterocycles. The number of nitrogens with zero attached hydrogens (tertiary/aromatic N) is 5. The molecule has 1 aromatic heterocycles. The van der Waals surface area contributed by atoms with Gasteiger partial charge in [-0.05, 0) is 40.3 Å². The van der Waals surface area contributed by atoms with Crippen molar-refractivity contribution in [2.24, 2.45) is 0 Å². The number of halogens is 1. The van der Waals surface area contributed by atoms with Crippen LogP contribution in [0.1, 0.15) is 22.0 Å². The van der Waals surface area contributed by atoms with Crippen molar-refractivity contribution in [1.29, 1.82) is 0 Å². The zero-order valence-electron chi connectivity index (χ0n) is 15.9. The normalized spacial score (nSPS) is 15.1. The van der Waals surface area contributed by atoms with Crippen molar-refractivity contribution in [3.8, 4) is 0 Å². The van der Waals surface area contributed by atoms with E-state index in [1.165, 1.54) is 36.1 Å². The minimum absolute atomic E-state index is 0.0443. The summed E-state index contributed by atoms with van der Waals surface area (Å²) in [7, 11) is 1.19. The number of carbonyl (C=O) groups excluding carboxylic acids is 2. The number of allylic oxidation sites excluding steroid dienone is 1. The van der Waals surface area contributed by atoms with Crippen LogP contribution in [-0.4, -0.2) is 44.0 Å². The van der Waals surface area contributed by atoms with Crippen molar-refractivity contribution in [2.45, 2.75) is 6.04 Å². The second kappa shape index (κ2) is 8.07. The molecule has 0 unspecified atom stereocenters. The van der Waals surface area contributed by atoms with Gasteiger partial charge in [0.05, 0.1) is 17.6 Å². The summed E-state index contributed by atoms with van der Waals surface area (Å²) in [5.41, 5.74) is 0.573. The maximum Gasteiger partial charge on any atom is 0.355 e. The van der Waals surface area contributed by atoms with Crippen molar-refractivity contribution >= 4 is 39.3 Å². The third kappa shape index (κ3) is 3.68. The van der Waals surface area contributed by atoms with Crippen LogP contribution in [0.5, 0.6) is 0 Å². The van der Waals surface area contributed by atoms with E-state index in [0.717, 1.165) is 4.47 Å². The number of Topliss-reactive ketones (excluding diaryl/α,β-unsaturated/α-hetero) is 1. The predicted octanol–water partition coefficient (Wildman–Crippen LogP) is 2.67. The number of ether oxygens (including phenoxy) is 1. The van der Waals surface area contributed by atoms with Gasteiger partial charge in [0.1, 0.15) is 11.7 Å². The third-order valence-electron chi connectivity index (χ3n) is 4.68. The van der Waals surface area contributed by atoms with Gasteiger partial charge >= 0.3 is 5.97 Å². The average molecular weight is 485 g/mol. The van der Waals surface area contributed by atoms with Gasteiger partial charge in [-0.3, -0.25) is 14.9 Å². The van der Waals surface area contributed by atoms with E-state index >= 15 is 0 Å². The molecule has 4 rings (SSSR count). The summed E-state index contributed by atoms with van der Waals surface area (Å²) in [6.07, 6.45) is 0. The number of fused-ring (bicyclic) bond motifs is 1. The Balaban J connectivity index is 1.90. The fourth-order valence-corrected chi connectivity index (χ4v) is 3.50. The number of ketones is 1. The summed E-state index contributed by atoms with van der Waals surface area (Å²) in [5.74, 6) is -1.15. The molecule has 2 aromatic carbocycles. The minimum Gasteiger partial charge on any atom is -0.464 e. The highest BCUT2D eigenvalue weighted by molar-refractivity contribution is 9.10.